The summed E-state index contributed by atoms with van der Waals surface area (Å²) in [5.74, 6) is 0. The summed E-state index contributed by atoms with van der Waals surface area (Å²) < 4.78 is 0. The molecule has 1 unspecified atom stereocenters. The number of amides is 2. The standard InChI is InChI=1S/C14H20Cl2N2O2/c1-3-18(6-7-19)14(20)17-10(2)8-11-4-5-12(15)9-13(11)16/h4-5,9-10,19H,3,6-8H2,1-2H3,(H,17,20). The minimum Gasteiger partial charge on any atom is -0.395 e. The van der Waals surface area contributed by atoms with E-state index in [0.717, 1.165) is 5.56 Å². The monoisotopic (exact) mass is 318 g/mol. The first kappa shape index (κ1) is 17.1. The Morgan fingerprint density at radius 1 is 1.45 bits per heavy atom. The highest BCUT2D eigenvalue weighted by atomic mass is 35.5. The molecule has 1 atom stereocenters. The lowest BCUT2D eigenvalue weighted by atomic mass is 10.1. The van der Waals surface area contributed by atoms with Crippen LogP contribution in [0.25, 0.3) is 0 Å². The van der Waals surface area contributed by atoms with Gasteiger partial charge < -0.3 is 15.3 Å². The summed E-state index contributed by atoms with van der Waals surface area (Å²) in [6, 6.07) is 5.09. The molecule has 0 aliphatic carbocycles. The number of rotatable bonds is 6. The van der Waals surface area contributed by atoms with Crippen molar-refractivity contribution in [3.63, 3.8) is 0 Å². The highest BCUT2D eigenvalue weighted by Crippen LogP contribution is 2.22. The van der Waals surface area contributed by atoms with Crippen LogP contribution in [0.2, 0.25) is 10.0 Å². The highest BCUT2D eigenvalue weighted by Gasteiger charge is 2.14. The number of likely N-dealkylation sites (N-methyl/N-ethyl adjacent to an activating group) is 1. The van der Waals surface area contributed by atoms with Crippen molar-refractivity contribution in [1.29, 1.82) is 0 Å². The molecule has 0 aromatic heterocycles. The summed E-state index contributed by atoms with van der Waals surface area (Å²) >= 11 is 12.0. The molecule has 4 nitrogen and oxygen atoms in total. The van der Waals surface area contributed by atoms with Gasteiger partial charge in [0.2, 0.25) is 0 Å². The van der Waals surface area contributed by atoms with Gasteiger partial charge in [-0.25, -0.2) is 4.79 Å². The van der Waals surface area contributed by atoms with E-state index < -0.39 is 0 Å². The van der Waals surface area contributed by atoms with Gasteiger partial charge in [-0.05, 0) is 38.0 Å². The molecule has 0 aliphatic rings. The summed E-state index contributed by atoms with van der Waals surface area (Å²) in [6.07, 6.45) is 0.623. The van der Waals surface area contributed by atoms with Crippen molar-refractivity contribution in [2.24, 2.45) is 0 Å². The van der Waals surface area contributed by atoms with E-state index >= 15 is 0 Å². The summed E-state index contributed by atoms with van der Waals surface area (Å²) in [7, 11) is 0. The molecule has 0 bridgehead atoms. The van der Waals surface area contributed by atoms with Crippen LogP contribution in [0.4, 0.5) is 4.79 Å². The molecule has 0 fully saturated rings. The number of nitrogens with one attached hydrogen (secondary N) is 1. The van der Waals surface area contributed by atoms with E-state index in [1.54, 1.807) is 17.0 Å². The first-order valence-corrected chi connectivity index (χ1v) is 7.33. The fourth-order valence-corrected chi connectivity index (χ4v) is 2.38. The van der Waals surface area contributed by atoms with Crippen molar-refractivity contribution in [1.82, 2.24) is 10.2 Å². The van der Waals surface area contributed by atoms with Gasteiger partial charge >= 0.3 is 6.03 Å². The van der Waals surface area contributed by atoms with Crippen LogP contribution in [-0.4, -0.2) is 41.8 Å². The van der Waals surface area contributed by atoms with Crippen LogP contribution in [-0.2, 0) is 6.42 Å². The van der Waals surface area contributed by atoms with Gasteiger partial charge in [0.15, 0.2) is 0 Å². The summed E-state index contributed by atoms with van der Waals surface area (Å²) in [5, 5.41) is 13.0. The zero-order valence-electron chi connectivity index (χ0n) is 11.7. The van der Waals surface area contributed by atoms with Gasteiger partial charge in [0.25, 0.3) is 0 Å². The summed E-state index contributed by atoms with van der Waals surface area (Å²) in [4.78, 5) is 13.5. The number of urea groups is 1. The minimum absolute atomic E-state index is 0.0430. The Labute approximate surface area is 129 Å². The number of hydrogen-bond donors (Lipinski definition) is 2. The number of hydrogen-bond acceptors (Lipinski definition) is 2. The van der Waals surface area contributed by atoms with Gasteiger partial charge in [-0.1, -0.05) is 29.3 Å². The Hall–Kier alpha value is -0.970. The summed E-state index contributed by atoms with van der Waals surface area (Å²) in [5.41, 5.74) is 0.939. The first-order valence-electron chi connectivity index (χ1n) is 6.58. The molecular weight excluding hydrogens is 299 g/mol. The van der Waals surface area contributed by atoms with E-state index in [4.69, 9.17) is 28.3 Å². The van der Waals surface area contributed by atoms with Crippen LogP contribution in [0.5, 0.6) is 0 Å². The number of benzene rings is 1. The van der Waals surface area contributed by atoms with Crippen molar-refractivity contribution in [2.45, 2.75) is 26.3 Å². The van der Waals surface area contributed by atoms with Gasteiger partial charge in [-0.2, -0.15) is 0 Å². The average molecular weight is 319 g/mol. The Morgan fingerprint density at radius 3 is 2.70 bits per heavy atom. The Bertz CT molecular complexity index is 455. The second kappa shape index (κ2) is 8.35. The predicted molar refractivity (Wildman–Crippen MR) is 82.5 cm³/mol. The topological polar surface area (TPSA) is 52.6 Å². The van der Waals surface area contributed by atoms with Crippen molar-refractivity contribution < 1.29 is 9.90 Å². The quantitative estimate of drug-likeness (QED) is 0.847. The van der Waals surface area contributed by atoms with E-state index in [9.17, 15) is 4.79 Å². The largest absolute Gasteiger partial charge is 0.395 e. The Morgan fingerprint density at radius 2 is 2.15 bits per heavy atom. The molecule has 20 heavy (non-hydrogen) atoms. The fourth-order valence-electron chi connectivity index (χ4n) is 1.89. The van der Waals surface area contributed by atoms with Crippen LogP contribution in [0, 0.1) is 0 Å². The third kappa shape index (κ3) is 5.19. The van der Waals surface area contributed by atoms with E-state index in [1.807, 2.05) is 19.9 Å². The molecule has 1 aromatic rings. The normalized spacial score (nSPS) is 12.1. The third-order valence-electron chi connectivity index (χ3n) is 2.95. The molecule has 1 aromatic carbocycles. The zero-order valence-corrected chi connectivity index (χ0v) is 13.2. The number of nitrogens with zero attached hydrogens (tertiary/aromatic N) is 1. The number of carbonyl (C=O) groups excluding carboxylic acids is 1. The van der Waals surface area contributed by atoms with Crippen molar-refractivity contribution >= 4 is 29.2 Å². The van der Waals surface area contributed by atoms with Crippen molar-refractivity contribution in [3.8, 4) is 0 Å². The highest BCUT2D eigenvalue weighted by molar-refractivity contribution is 6.35. The summed E-state index contributed by atoms with van der Waals surface area (Å²) in [6.45, 7) is 4.63. The molecule has 2 N–H and O–H groups in total. The lowest BCUT2D eigenvalue weighted by molar-refractivity contribution is 0.177. The Balaban J connectivity index is 2.58. The van der Waals surface area contributed by atoms with Crippen LogP contribution in [0.3, 0.4) is 0 Å². The van der Waals surface area contributed by atoms with Crippen molar-refractivity contribution in [2.75, 3.05) is 19.7 Å². The van der Waals surface area contributed by atoms with Crippen LogP contribution >= 0.6 is 23.2 Å². The fraction of sp³-hybridized carbons (Fsp3) is 0.500. The number of aliphatic hydroxyl groups excluding tert-OH is 1. The molecule has 0 heterocycles. The van der Waals surface area contributed by atoms with Gasteiger partial charge in [-0.15, -0.1) is 0 Å². The maximum atomic E-state index is 12.0. The molecule has 0 aliphatic heterocycles. The molecule has 0 radical (unpaired) electrons. The molecule has 112 valence electrons. The van der Waals surface area contributed by atoms with Crippen LogP contribution in [0.1, 0.15) is 19.4 Å². The van der Waals surface area contributed by atoms with Gasteiger partial charge in [0.05, 0.1) is 6.61 Å². The second-order valence-corrected chi connectivity index (χ2v) is 5.44. The molecule has 2 amide bonds. The van der Waals surface area contributed by atoms with Gasteiger partial charge in [0.1, 0.15) is 0 Å². The number of carbonyl (C=O) groups is 1. The second-order valence-electron chi connectivity index (χ2n) is 4.59. The maximum Gasteiger partial charge on any atom is 0.317 e. The Kier molecular flexibility index (Phi) is 7.13. The maximum absolute atomic E-state index is 12.0. The SMILES string of the molecule is CCN(CCO)C(=O)NC(C)Cc1ccc(Cl)cc1Cl. The average Bonchev–Trinajstić information content (AvgIpc) is 2.39. The number of aliphatic hydroxyl groups is 1. The number of halogens is 2. The van der Waals surface area contributed by atoms with Crippen LogP contribution < -0.4 is 5.32 Å². The van der Waals surface area contributed by atoms with Gasteiger partial charge in [0, 0.05) is 29.2 Å². The predicted octanol–water partition coefficient (Wildman–Crippen LogP) is 2.95. The van der Waals surface area contributed by atoms with E-state index in [-0.39, 0.29) is 18.7 Å². The molecule has 6 heteroatoms. The smallest absolute Gasteiger partial charge is 0.317 e. The lowest BCUT2D eigenvalue weighted by Crippen LogP contribution is -2.45. The lowest BCUT2D eigenvalue weighted by Gasteiger charge is -2.23. The molecular formula is C14H20Cl2N2O2. The third-order valence-corrected chi connectivity index (χ3v) is 3.54. The van der Waals surface area contributed by atoms with Crippen LogP contribution in [0.15, 0.2) is 18.2 Å². The van der Waals surface area contributed by atoms with Gasteiger partial charge in [-0.3, -0.25) is 0 Å². The first-order chi connectivity index (χ1) is 9.47. The molecule has 1 rings (SSSR count). The minimum atomic E-state index is -0.181. The van der Waals surface area contributed by atoms with E-state index in [0.29, 0.717) is 29.6 Å². The van der Waals surface area contributed by atoms with Crippen molar-refractivity contribution in [3.05, 3.63) is 33.8 Å². The molecule has 0 saturated heterocycles. The molecule has 0 saturated carbocycles. The zero-order chi connectivity index (χ0) is 15.1. The van der Waals surface area contributed by atoms with E-state index in [1.165, 1.54) is 0 Å². The molecule has 0 spiro atoms. The van der Waals surface area contributed by atoms with E-state index in [2.05, 4.69) is 5.32 Å².